The van der Waals surface area contributed by atoms with Gasteiger partial charge in [-0.2, -0.15) is 0 Å². The Balaban J connectivity index is 1.50. The molecule has 1 saturated heterocycles. The molecule has 8 heteroatoms. The monoisotopic (exact) mass is 426 g/mol. The third-order valence-electron chi connectivity index (χ3n) is 5.34. The zero-order valence-electron chi connectivity index (χ0n) is 17.5. The lowest BCUT2D eigenvalue weighted by molar-refractivity contribution is -0.131. The van der Waals surface area contributed by atoms with Gasteiger partial charge in [-0.05, 0) is 38.1 Å². The van der Waals surface area contributed by atoms with Crippen LogP contribution >= 0.6 is 0 Å². The highest BCUT2D eigenvalue weighted by Gasteiger charge is 2.53. The second-order valence-corrected chi connectivity index (χ2v) is 7.31. The topological polar surface area (TPSA) is 99.0 Å². The lowest BCUT2D eigenvalue weighted by atomic mass is 9.81. The summed E-state index contributed by atoms with van der Waals surface area (Å²) in [5, 5.41) is 5.77. The van der Waals surface area contributed by atoms with Crippen LogP contribution in [0.4, 0.5) is 5.69 Å². The highest BCUT2D eigenvalue weighted by Crippen LogP contribution is 2.40. The van der Waals surface area contributed by atoms with Crippen LogP contribution in [-0.2, 0) is 20.9 Å². The normalized spacial score (nSPS) is 23.5. The van der Waals surface area contributed by atoms with E-state index >= 15 is 0 Å². The largest absolute Gasteiger partial charge is 0.494 e. The van der Waals surface area contributed by atoms with Crippen LogP contribution in [0, 0.1) is 11.8 Å². The average molecular weight is 426 g/mol. The van der Waals surface area contributed by atoms with E-state index < -0.39 is 24.0 Å². The number of rotatable bonds is 9. The zero-order chi connectivity index (χ0) is 21.8. The Hall–Kier alpha value is -3.26. The number of ether oxygens (including phenoxy) is 3. The fourth-order valence-electron chi connectivity index (χ4n) is 4.00. The second kappa shape index (κ2) is 9.26. The van der Waals surface area contributed by atoms with Crippen LogP contribution in [0.15, 0.2) is 53.2 Å². The fraction of sp³-hybridized carbons (Fsp3) is 0.391. The predicted molar refractivity (Wildman–Crippen MR) is 113 cm³/mol. The van der Waals surface area contributed by atoms with E-state index in [0.29, 0.717) is 36.2 Å². The molecule has 1 aromatic heterocycles. The van der Waals surface area contributed by atoms with Gasteiger partial charge in [0, 0.05) is 6.07 Å². The molecule has 3 heterocycles. The summed E-state index contributed by atoms with van der Waals surface area (Å²) in [6.07, 6.45) is 4.35. The van der Waals surface area contributed by atoms with E-state index in [1.807, 2.05) is 26.0 Å². The van der Waals surface area contributed by atoms with Crippen molar-refractivity contribution in [1.29, 1.82) is 0 Å². The van der Waals surface area contributed by atoms with E-state index in [9.17, 15) is 9.59 Å². The van der Waals surface area contributed by atoms with Gasteiger partial charge in [0.15, 0.2) is 0 Å². The SMILES string of the molecule is CCOc1ccc(OCC)c(NC(=O)[C@@H]2[C@@H](C(=O)NCc3ccco3)[C@H]3C=C[C@H]2O3)c1. The first-order valence-electron chi connectivity index (χ1n) is 10.4. The smallest absolute Gasteiger partial charge is 0.231 e. The van der Waals surface area contributed by atoms with Crippen molar-refractivity contribution < 1.29 is 28.2 Å². The van der Waals surface area contributed by atoms with Crippen molar-refractivity contribution in [3.63, 3.8) is 0 Å². The molecule has 0 unspecified atom stereocenters. The summed E-state index contributed by atoms with van der Waals surface area (Å²) in [7, 11) is 0. The van der Waals surface area contributed by atoms with Gasteiger partial charge in [0.1, 0.15) is 17.3 Å². The Morgan fingerprint density at radius 2 is 1.74 bits per heavy atom. The van der Waals surface area contributed by atoms with Gasteiger partial charge in [-0.25, -0.2) is 0 Å². The van der Waals surface area contributed by atoms with Crippen LogP contribution in [0.3, 0.4) is 0 Å². The first-order valence-corrected chi connectivity index (χ1v) is 10.4. The van der Waals surface area contributed by atoms with E-state index in [2.05, 4.69) is 10.6 Å². The molecule has 1 fully saturated rings. The van der Waals surface area contributed by atoms with Crippen LogP contribution < -0.4 is 20.1 Å². The maximum Gasteiger partial charge on any atom is 0.231 e. The van der Waals surface area contributed by atoms with Crippen molar-refractivity contribution in [3.05, 3.63) is 54.5 Å². The van der Waals surface area contributed by atoms with E-state index in [0.717, 1.165) is 0 Å². The molecule has 1 aromatic carbocycles. The van der Waals surface area contributed by atoms with Gasteiger partial charge < -0.3 is 29.3 Å². The van der Waals surface area contributed by atoms with Crippen molar-refractivity contribution in [2.75, 3.05) is 18.5 Å². The maximum atomic E-state index is 13.3. The number of hydrogen-bond donors (Lipinski definition) is 2. The molecule has 2 aliphatic rings. The van der Waals surface area contributed by atoms with Gasteiger partial charge in [-0.1, -0.05) is 12.2 Å². The number of furan rings is 1. The fourth-order valence-corrected chi connectivity index (χ4v) is 4.00. The van der Waals surface area contributed by atoms with Gasteiger partial charge in [0.05, 0.1) is 55.8 Å². The molecule has 0 aliphatic carbocycles. The highest BCUT2D eigenvalue weighted by atomic mass is 16.5. The molecule has 0 saturated carbocycles. The van der Waals surface area contributed by atoms with Crippen molar-refractivity contribution in [3.8, 4) is 11.5 Å². The summed E-state index contributed by atoms with van der Waals surface area (Å²) in [6.45, 7) is 4.97. The lowest BCUT2D eigenvalue weighted by Gasteiger charge is -2.24. The summed E-state index contributed by atoms with van der Waals surface area (Å²) < 4.78 is 22.3. The molecule has 0 radical (unpaired) electrons. The minimum Gasteiger partial charge on any atom is -0.494 e. The number of hydrogen-bond acceptors (Lipinski definition) is 6. The van der Waals surface area contributed by atoms with Crippen LogP contribution in [-0.4, -0.2) is 37.2 Å². The molecule has 164 valence electrons. The third kappa shape index (κ3) is 4.44. The number of benzene rings is 1. The van der Waals surface area contributed by atoms with Crippen LogP contribution in [0.25, 0.3) is 0 Å². The summed E-state index contributed by atoms with van der Waals surface area (Å²) in [5.41, 5.74) is 0.499. The minimum atomic E-state index is -0.656. The molecule has 31 heavy (non-hydrogen) atoms. The molecule has 0 spiro atoms. The van der Waals surface area contributed by atoms with Crippen molar-refractivity contribution in [2.45, 2.75) is 32.6 Å². The van der Waals surface area contributed by atoms with Gasteiger partial charge >= 0.3 is 0 Å². The first-order chi connectivity index (χ1) is 15.1. The Kier molecular flexibility index (Phi) is 6.27. The quantitative estimate of drug-likeness (QED) is 0.598. The number of anilines is 1. The standard InChI is InChI=1S/C23H26N2O6/c1-3-28-14-7-8-17(29-4-2)16(12-14)25-23(27)21-19-10-9-18(31-19)20(21)22(26)24-13-15-6-5-11-30-15/h5-12,18-21H,3-4,13H2,1-2H3,(H,24,26)(H,25,27)/t18-,19-,20+,21+/m1/s1. The van der Waals surface area contributed by atoms with E-state index in [4.69, 9.17) is 18.6 Å². The molecule has 2 N–H and O–H groups in total. The van der Waals surface area contributed by atoms with Crippen molar-refractivity contribution >= 4 is 17.5 Å². The molecule has 4 rings (SSSR count). The third-order valence-corrected chi connectivity index (χ3v) is 5.34. The van der Waals surface area contributed by atoms with Gasteiger partial charge in [0.25, 0.3) is 0 Å². The average Bonchev–Trinajstić information content (AvgIpc) is 3.51. The Morgan fingerprint density at radius 1 is 1.00 bits per heavy atom. The van der Waals surface area contributed by atoms with Crippen LogP contribution in [0.1, 0.15) is 19.6 Å². The van der Waals surface area contributed by atoms with Crippen LogP contribution in [0.2, 0.25) is 0 Å². The Bertz CT molecular complexity index is 955. The van der Waals surface area contributed by atoms with E-state index in [1.54, 1.807) is 36.6 Å². The Labute approximate surface area is 180 Å². The Morgan fingerprint density at radius 3 is 2.42 bits per heavy atom. The molecule has 8 nitrogen and oxygen atoms in total. The summed E-state index contributed by atoms with van der Waals surface area (Å²) in [5.74, 6) is -0.0302. The number of fused-ring (bicyclic) bond motifs is 2. The molecule has 2 aliphatic heterocycles. The number of nitrogens with one attached hydrogen (secondary N) is 2. The highest BCUT2D eigenvalue weighted by molar-refractivity contribution is 5.98. The number of carbonyl (C=O) groups is 2. The van der Waals surface area contributed by atoms with E-state index in [-0.39, 0.29) is 18.4 Å². The maximum absolute atomic E-state index is 13.3. The van der Waals surface area contributed by atoms with Gasteiger partial charge in [0.2, 0.25) is 11.8 Å². The number of carbonyl (C=O) groups excluding carboxylic acids is 2. The molecule has 2 bridgehead atoms. The number of amides is 2. The second-order valence-electron chi connectivity index (χ2n) is 7.31. The molecule has 4 atom stereocenters. The summed E-state index contributed by atoms with van der Waals surface area (Å²) >= 11 is 0. The molecular weight excluding hydrogens is 400 g/mol. The van der Waals surface area contributed by atoms with Gasteiger partial charge in [-0.15, -0.1) is 0 Å². The zero-order valence-corrected chi connectivity index (χ0v) is 17.5. The van der Waals surface area contributed by atoms with Gasteiger partial charge in [-0.3, -0.25) is 9.59 Å². The first kappa shape index (κ1) is 21.0. The molecule has 2 amide bonds. The molecular formula is C23H26N2O6. The predicted octanol–water partition coefficient (Wildman–Crippen LogP) is 2.90. The molecule has 2 aromatic rings. The summed E-state index contributed by atoms with van der Waals surface area (Å²) in [4.78, 5) is 26.2. The summed E-state index contributed by atoms with van der Waals surface area (Å²) in [6, 6.07) is 8.81. The minimum absolute atomic E-state index is 0.249. The lowest BCUT2D eigenvalue weighted by Crippen LogP contribution is -2.44. The van der Waals surface area contributed by atoms with Crippen LogP contribution in [0.5, 0.6) is 11.5 Å². The van der Waals surface area contributed by atoms with Crippen molar-refractivity contribution in [2.24, 2.45) is 11.8 Å². The van der Waals surface area contributed by atoms with Crippen molar-refractivity contribution in [1.82, 2.24) is 5.32 Å². The van der Waals surface area contributed by atoms with E-state index in [1.165, 1.54) is 0 Å².